The van der Waals surface area contributed by atoms with E-state index in [1.165, 1.54) is 0 Å². The van der Waals surface area contributed by atoms with Crippen molar-refractivity contribution < 1.29 is 24.0 Å². The van der Waals surface area contributed by atoms with Crippen molar-refractivity contribution >= 4 is 35.1 Å². The highest BCUT2D eigenvalue weighted by atomic mass is 16.2. The zero-order valence-corrected chi connectivity index (χ0v) is 14.0. The summed E-state index contributed by atoms with van der Waals surface area (Å²) in [6.07, 6.45) is 1.03. The molecule has 0 bridgehead atoms. The summed E-state index contributed by atoms with van der Waals surface area (Å²) in [5.41, 5.74) is 1.15. The van der Waals surface area contributed by atoms with Crippen molar-refractivity contribution in [2.45, 2.75) is 31.7 Å². The summed E-state index contributed by atoms with van der Waals surface area (Å²) in [5.74, 6) is -1.88. The minimum absolute atomic E-state index is 0.0882. The van der Waals surface area contributed by atoms with E-state index >= 15 is 0 Å². The maximum Gasteiger partial charge on any atom is 0.264 e. The first-order valence-corrected chi connectivity index (χ1v) is 8.58. The van der Waals surface area contributed by atoms with Crippen LogP contribution in [0.2, 0.25) is 0 Å². The Hall–Kier alpha value is -3.03. The third-order valence-electron chi connectivity index (χ3n) is 5.11. The van der Waals surface area contributed by atoms with Gasteiger partial charge in [0.25, 0.3) is 11.8 Å². The van der Waals surface area contributed by atoms with Crippen molar-refractivity contribution in [2.24, 2.45) is 0 Å². The normalized spacial score (nSPS) is 23.4. The predicted octanol–water partition coefficient (Wildman–Crippen LogP) is 0.257. The number of anilines is 1. The van der Waals surface area contributed by atoms with Gasteiger partial charge in [0.15, 0.2) is 0 Å². The number of nitrogens with zero attached hydrogens (tertiary/aromatic N) is 2. The van der Waals surface area contributed by atoms with Crippen molar-refractivity contribution in [1.82, 2.24) is 10.2 Å². The number of hydrogen-bond donors (Lipinski definition) is 1. The largest absolute Gasteiger partial charge is 0.370 e. The van der Waals surface area contributed by atoms with Gasteiger partial charge in [-0.2, -0.15) is 0 Å². The number of carbonyl (C=O) groups excluding carboxylic acids is 5. The predicted molar refractivity (Wildman–Crippen MR) is 89.6 cm³/mol. The van der Waals surface area contributed by atoms with Crippen molar-refractivity contribution in [3.05, 3.63) is 29.3 Å². The van der Waals surface area contributed by atoms with Crippen LogP contribution in [0.5, 0.6) is 0 Å². The number of amides is 4. The standard InChI is InChI=1S/C18H17N3O5/c22-10-6-8-20(9-7-10)12-3-1-2-11-15(12)18(26)21(17(11)25)13-4-5-14(23)19-16(13)24/h1-3,13H,4-9H2,(H,19,23,24). The molecular formula is C18H17N3O5. The lowest BCUT2D eigenvalue weighted by atomic mass is 10.0. The van der Waals surface area contributed by atoms with Crippen LogP contribution in [0.3, 0.4) is 0 Å². The Kier molecular flexibility index (Phi) is 3.82. The minimum Gasteiger partial charge on any atom is -0.370 e. The SMILES string of the molecule is O=C1CCN(c2cccc3c2C(=O)N(C2CCC(=O)NC2=O)C3=O)CC1. The van der Waals surface area contributed by atoms with Gasteiger partial charge in [0.2, 0.25) is 11.8 Å². The Balaban J connectivity index is 1.68. The average molecular weight is 355 g/mol. The van der Waals surface area contributed by atoms with Crippen LogP contribution in [0, 0.1) is 0 Å². The van der Waals surface area contributed by atoms with Gasteiger partial charge in [0, 0.05) is 32.4 Å². The monoisotopic (exact) mass is 355 g/mol. The molecule has 2 fully saturated rings. The lowest BCUT2D eigenvalue weighted by molar-refractivity contribution is -0.136. The molecule has 0 saturated carbocycles. The van der Waals surface area contributed by atoms with Crippen molar-refractivity contribution in [1.29, 1.82) is 0 Å². The lowest BCUT2D eigenvalue weighted by Crippen LogP contribution is -2.54. The third-order valence-corrected chi connectivity index (χ3v) is 5.11. The van der Waals surface area contributed by atoms with Gasteiger partial charge in [0.05, 0.1) is 16.8 Å². The Morgan fingerprint density at radius 2 is 1.65 bits per heavy atom. The molecule has 0 spiro atoms. The maximum atomic E-state index is 13.0. The van der Waals surface area contributed by atoms with Gasteiger partial charge in [-0.3, -0.25) is 34.2 Å². The molecular weight excluding hydrogens is 338 g/mol. The summed E-state index contributed by atoms with van der Waals surface area (Å²) in [6, 6.07) is 4.05. The van der Waals surface area contributed by atoms with E-state index in [1.54, 1.807) is 18.2 Å². The Morgan fingerprint density at radius 1 is 0.923 bits per heavy atom. The number of benzene rings is 1. The number of piperidine rings is 2. The van der Waals surface area contributed by atoms with Crippen LogP contribution in [-0.4, -0.2) is 53.4 Å². The van der Waals surface area contributed by atoms with E-state index in [0.29, 0.717) is 31.6 Å². The summed E-state index contributed by atoms with van der Waals surface area (Å²) in [7, 11) is 0. The molecule has 0 radical (unpaired) electrons. The number of ketones is 1. The third kappa shape index (κ3) is 2.49. The highest BCUT2D eigenvalue weighted by molar-refractivity contribution is 6.25. The molecule has 0 aliphatic carbocycles. The number of fused-ring (bicyclic) bond motifs is 1. The van der Waals surface area contributed by atoms with Gasteiger partial charge in [-0.1, -0.05) is 6.07 Å². The van der Waals surface area contributed by atoms with Gasteiger partial charge >= 0.3 is 0 Å². The number of Topliss-reactive ketones (excluding diaryl/α,β-unsaturated/α-hetero) is 1. The first-order valence-electron chi connectivity index (χ1n) is 8.58. The molecule has 3 aliphatic heterocycles. The van der Waals surface area contributed by atoms with Gasteiger partial charge in [-0.05, 0) is 18.6 Å². The molecule has 8 nitrogen and oxygen atoms in total. The van der Waals surface area contributed by atoms with Gasteiger partial charge in [-0.25, -0.2) is 0 Å². The first kappa shape index (κ1) is 16.4. The van der Waals surface area contributed by atoms with Crippen LogP contribution in [0.25, 0.3) is 0 Å². The van der Waals surface area contributed by atoms with Gasteiger partial charge < -0.3 is 4.90 Å². The highest BCUT2D eigenvalue weighted by Gasteiger charge is 2.46. The van der Waals surface area contributed by atoms with Crippen molar-refractivity contribution in [3.8, 4) is 0 Å². The van der Waals surface area contributed by atoms with E-state index in [-0.39, 0.29) is 29.8 Å². The molecule has 1 aromatic rings. The number of imide groups is 2. The quantitative estimate of drug-likeness (QED) is 0.763. The molecule has 1 aromatic carbocycles. The van der Waals surface area contributed by atoms with Gasteiger partial charge in [0.1, 0.15) is 11.8 Å². The van der Waals surface area contributed by atoms with Crippen LogP contribution >= 0.6 is 0 Å². The smallest absolute Gasteiger partial charge is 0.264 e. The van der Waals surface area contributed by atoms with E-state index in [0.717, 1.165) is 4.90 Å². The first-order chi connectivity index (χ1) is 12.5. The number of carbonyl (C=O) groups is 5. The fourth-order valence-corrected chi connectivity index (χ4v) is 3.76. The van der Waals surface area contributed by atoms with Crippen LogP contribution in [-0.2, 0) is 14.4 Å². The second-order valence-electron chi connectivity index (χ2n) is 6.67. The second-order valence-corrected chi connectivity index (χ2v) is 6.67. The number of hydrogen-bond acceptors (Lipinski definition) is 6. The van der Waals surface area contributed by atoms with E-state index in [1.807, 2.05) is 4.90 Å². The molecule has 0 aromatic heterocycles. The zero-order valence-electron chi connectivity index (χ0n) is 14.0. The molecule has 4 rings (SSSR count). The molecule has 3 aliphatic rings. The highest BCUT2D eigenvalue weighted by Crippen LogP contribution is 2.34. The number of nitrogens with one attached hydrogen (secondary N) is 1. The van der Waals surface area contributed by atoms with Crippen LogP contribution < -0.4 is 10.2 Å². The van der Waals surface area contributed by atoms with Crippen LogP contribution in [0.1, 0.15) is 46.4 Å². The molecule has 8 heteroatoms. The second kappa shape index (κ2) is 6.05. The Morgan fingerprint density at radius 3 is 2.35 bits per heavy atom. The molecule has 1 atom stereocenters. The number of rotatable bonds is 2. The maximum absolute atomic E-state index is 13.0. The molecule has 2 saturated heterocycles. The molecule has 4 amide bonds. The van der Waals surface area contributed by atoms with E-state index in [4.69, 9.17) is 0 Å². The fraction of sp³-hybridized carbons (Fsp3) is 0.389. The molecule has 134 valence electrons. The van der Waals surface area contributed by atoms with Crippen molar-refractivity contribution in [2.75, 3.05) is 18.0 Å². The summed E-state index contributed by atoms with van der Waals surface area (Å²) in [5, 5.41) is 2.19. The molecule has 1 N–H and O–H groups in total. The molecule has 26 heavy (non-hydrogen) atoms. The topological polar surface area (TPSA) is 104 Å². The van der Waals surface area contributed by atoms with Crippen LogP contribution in [0.15, 0.2) is 18.2 Å². The summed E-state index contributed by atoms with van der Waals surface area (Å²) >= 11 is 0. The van der Waals surface area contributed by atoms with Crippen LogP contribution in [0.4, 0.5) is 5.69 Å². The minimum atomic E-state index is -0.976. The molecule has 1 unspecified atom stereocenters. The molecule has 3 heterocycles. The van der Waals surface area contributed by atoms with Crippen molar-refractivity contribution in [3.63, 3.8) is 0 Å². The van der Waals surface area contributed by atoms with E-state index in [9.17, 15) is 24.0 Å². The lowest BCUT2D eigenvalue weighted by Gasteiger charge is -2.30. The van der Waals surface area contributed by atoms with E-state index in [2.05, 4.69) is 5.32 Å². The summed E-state index contributed by atoms with van der Waals surface area (Å²) in [4.78, 5) is 63.7. The summed E-state index contributed by atoms with van der Waals surface area (Å²) < 4.78 is 0. The fourth-order valence-electron chi connectivity index (χ4n) is 3.76. The van der Waals surface area contributed by atoms with E-state index < -0.39 is 29.7 Å². The zero-order chi connectivity index (χ0) is 18.4. The summed E-state index contributed by atoms with van der Waals surface area (Å²) in [6.45, 7) is 0.990. The Bertz CT molecular complexity index is 852. The average Bonchev–Trinajstić information content (AvgIpc) is 2.87. The van der Waals surface area contributed by atoms with Gasteiger partial charge in [-0.15, -0.1) is 0 Å². The Labute approximate surface area is 149 Å².